The number of sulfonamides is 1. The van der Waals surface area contributed by atoms with Crippen LogP contribution in [0.5, 0.6) is 5.75 Å². The third-order valence-corrected chi connectivity index (χ3v) is 5.07. The summed E-state index contributed by atoms with van der Waals surface area (Å²) in [5.74, 6) is 0.418. The van der Waals surface area contributed by atoms with E-state index in [4.69, 9.17) is 4.74 Å². The van der Waals surface area contributed by atoms with E-state index in [-0.39, 0.29) is 5.91 Å². The number of benzene rings is 2. The number of aryl methyl sites for hydroxylation is 1. The van der Waals surface area contributed by atoms with Crippen LogP contribution in [0.15, 0.2) is 42.5 Å². The van der Waals surface area contributed by atoms with Gasteiger partial charge in [0.25, 0.3) is 5.91 Å². The number of nitrogens with one attached hydrogen (secondary N) is 2. The molecule has 2 aromatic carbocycles. The second-order valence-corrected chi connectivity index (χ2v) is 8.51. The standard InChI is InChI=1S/C21H29N3O4S/c1-5-24(6-2)13-14-28-19-11-9-18(10-12-19)22-21(25)17-8-7-16(3)20(15-17)23-29(4,26)27/h7-12,15,23H,5-6,13-14H2,1-4H3,(H,22,25). The molecule has 0 saturated carbocycles. The van der Waals surface area contributed by atoms with E-state index in [1.165, 1.54) is 6.07 Å². The number of likely N-dealkylation sites (N-methyl/N-ethyl adjacent to an activating group) is 1. The zero-order valence-corrected chi connectivity index (χ0v) is 18.2. The van der Waals surface area contributed by atoms with Crippen molar-refractivity contribution in [2.24, 2.45) is 0 Å². The van der Waals surface area contributed by atoms with Gasteiger partial charge in [-0.05, 0) is 62.0 Å². The number of anilines is 2. The Hall–Kier alpha value is -2.58. The van der Waals surface area contributed by atoms with Gasteiger partial charge in [-0.25, -0.2) is 8.42 Å². The lowest BCUT2D eigenvalue weighted by atomic mass is 10.1. The van der Waals surface area contributed by atoms with Crippen molar-refractivity contribution in [3.05, 3.63) is 53.6 Å². The van der Waals surface area contributed by atoms with Gasteiger partial charge < -0.3 is 15.0 Å². The number of hydrogen-bond acceptors (Lipinski definition) is 5. The van der Waals surface area contributed by atoms with E-state index in [9.17, 15) is 13.2 Å². The molecule has 2 rings (SSSR count). The first-order valence-corrected chi connectivity index (χ1v) is 11.5. The monoisotopic (exact) mass is 419 g/mol. The summed E-state index contributed by atoms with van der Waals surface area (Å²) in [6.45, 7) is 9.46. The summed E-state index contributed by atoms with van der Waals surface area (Å²) in [6.07, 6.45) is 1.07. The molecule has 8 heteroatoms. The molecule has 0 aliphatic carbocycles. The van der Waals surface area contributed by atoms with Crippen molar-refractivity contribution in [2.75, 3.05) is 42.5 Å². The maximum Gasteiger partial charge on any atom is 0.255 e. The maximum absolute atomic E-state index is 12.5. The third kappa shape index (κ3) is 7.40. The van der Waals surface area contributed by atoms with Crippen molar-refractivity contribution in [3.63, 3.8) is 0 Å². The molecule has 0 spiro atoms. The number of carbonyl (C=O) groups excluding carboxylic acids is 1. The van der Waals surface area contributed by atoms with Crippen molar-refractivity contribution in [1.82, 2.24) is 4.90 Å². The highest BCUT2D eigenvalue weighted by Gasteiger charge is 2.11. The van der Waals surface area contributed by atoms with Gasteiger partial charge in [0.05, 0.1) is 11.9 Å². The molecule has 0 aliphatic heterocycles. The van der Waals surface area contributed by atoms with Crippen LogP contribution in [0.4, 0.5) is 11.4 Å². The van der Waals surface area contributed by atoms with E-state index in [0.29, 0.717) is 23.5 Å². The topological polar surface area (TPSA) is 87.7 Å². The van der Waals surface area contributed by atoms with E-state index in [2.05, 4.69) is 28.8 Å². The normalized spacial score (nSPS) is 11.3. The second kappa shape index (κ2) is 10.3. The smallest absolute Gasteiger partial charge is 0.255 e. The summed E-state index contributed by atoms with van der Waals surface area (Å²) in [5.41, 5.74) is 2.11. The maximum atomic E-state index is 12.5. The lowest BCUT2D eigenvalue weighted by Crippen LogP contribution is -2.27. The first-order chi connectivity index (χ1) is 13.7. The zero-order chi connectivity index (χ0) is 21.4. The van der Waals surface area contributed by atoms with Crippen molar-refractivity contribution in [2.45, 2.75) is 20.8 Å². The number of hydrogen-bond donors (Lipinski definition) is 2. The molecule has 0 atom stereocenters. The Labute approximate surface area is 173 Å². The van der Waals surface area contributed by atoms with Crippen LogP contribution in [0.2, 0.25) is 0 Å². The van der Waals surface area contributed by atoms with Crippen LogP contribution in [0.25, 0.3) is 0 Å². The summed E-state index contributed by atoms with van der Waals surface area (Å²) in [6, 6.07) is 12.0. The summed E-state index contributed by atoms with van der Waals surface area (Å²) in [5, 5.41) is 2.81. The van der Waals surface area contributed by atoms with E-state index in [1.807, 2.05) is 12.1 Å². The molecule has 0 bridgehead atoms. The van der Waals surface area contributed by atoms with Crippen LogP contribution < -0.4 is 14.8 Å². The minimum absolute atomic E-state index is 0.322. The molecule has 0 aliphatic rings. The van der Waals surface area contributed by atoms with Gasteiger partial charge in [-0.3, -0.25) is 9.52 Å². The Morgan fingerprint density at radius 2 is 1.72 bits per heavy atom. The van der Waals surface area contributed by atoms with Crippen molar-refractivity contribution in [1.29, 1.82) is 0 Å². The number of rotatable bonds is 10. The van der Waals surface area contributed by atoms with E-state index < -0.39 is 10.0 Å². The predicted octanol–water partition coefficient (Wildman–Crippen LogP) is 3.34. The fraction of sp³-hybridized carbons (Fsp3) is 0.381. The summed E-state index contributed by atoms with van der Waals surface area (Å²) < 4.78 is 31.1. The first-order valence-electron chi connectivity index (χ1n) is 9.56. The minimum atomic E-state index is -3.42. The average molecular weight is 420 g/mol. The largest absolute Gasteiger partial charge is 0.492 e. The summed E-state index contributed by atoms with van der Waals surface area (Å²) >= 11 is 0. The number of nitrogens with zero attached hydrogens (tertiary/aromatic N) is 1. The number of amides is 1. The molecule has 29 heavy (non-hydrogen) atoms. The molecule has 2 N–H and O–H groups in total. The molecule has 0 radical (unpaired) electrons. The van der Waals surface area contributed by atoms with E-state index >= 15 is 0 Å². The van der Waals surface area contributed by atoms with Gasteiger partial charge in [0, 0.05) is 17.8 Å². The molecule has 0 saturated heterocycles. The quantitative estimate of drug-likeness (QED) is 0.617. The Morgan fingerprint density at radius 3 is 2.31 bits per heavy atom. The molecular formula is C21H29N3O4S. The van der Waals surface area contributed by atoms with Crippen LogP contribution in [-0.2, 0) is 10.0 Å². The SMILES string of the molecule is CCN(CC)CCOc1ccc(NC(=O)c2ccc(C)c(NS(C)(=O)=O)c2)cc1. The number of ether oxygens (including phenoxy) is 1. The Kier molecular flexibility index (Phi) is 8.04. The van der Waals surface area contributed by atoms with Crippen molar-refractivity contribution < 1.29 is 17.9 Å². The second-order valence-electron chi connectivity index (χ2n) is 6.76. The molecule has 0 heterocycles. The van der Waals surface area contributed by atoms with Gasteiger partial charge >= 0.3 is 0 Å². The predicted molar refractivity (Wildman–Crippen MR) is 117 cm³/mol. The van der Waals surface area contributed by atoms with Gasteiger partial charge in [0.15, 0.2) is 0 Å². The molecule has 1 amide bonds. The highest BCUT2D eigenvalue weighted by molar-refractivity contribution is 7.92. The van der Waals surface area contributed by atoms with Crippen molar-refractivity contribution in [3.8, 4) is 5.75 Å². The van der Waals surface area contributed by atoms with Crippen molar-refractivity contribution >= 4 is 27.3 Å². The zero-order valence-electron chi connectivity index (χ0n) is 17.4. The Balaban J connectivity index is 1.98. The average Bonchev–Trinajstić information content (AvgIpc) is 2.67. The minimum Gasteiger partial charge on any atom is -0.492 e. The summed E-state index contributed by atoms with van der Waals surface area (Å²) in [4.78, 5) is 14.8. The van der Waals surface area contributed by atoms with Crippen LogP contribution in [-0.4, -0.2) is 51.7 Å². The molecule has 7 nitrogen and oxygen atoms in total. The Bertz CT molecular complexity index is 923. The van der Waals surface area contributed by atoms with Crippen LogP contribution in [0, 0.1) is 6.92 Å². The van der Waals surface area contributed by atoms with E-state index in [0.717, 1.165) is 37.2 Å². The van der Waals surface area contributed by atoms with Crippen LogP contribution >= 0.6 is 0 Å². The van der Waals surface area contributed by atoms with Crippen LogP contribution in [0.3, 0.4) is 0 Å². The van der Waals surface area contributed by atoms with E-state index in [1.54, 1.807) is 31.2 Å². The van der Waals surface area contributed by atoms with Gasteiger partial charge in [-0.15, -0.1) is 0 Å². The molecular weight excluding hydrogens is 390 g/mol. The lowest BCUT2D eigenvalue weighted by molar-refractivity contribution is 0.102. The van der Waals surface area contributed by atoms with Gasteiger partial charge in [-0.1, -0.05) is 19.9 Å². The van der Waals surface area contributed by atoms with Gasteiger partial charge in [-0.2, -0.15) is 0 Å². The first kappa shape index (κ1) is 22.7. The third-order valence-electron chi connectivity index (χ3n) is 4.48. The lowest BCUT2D eigenvalue weighted by Gasteiger charge is -2.18. The highest BCUT2D eigenvalue weighted by atomic mass is 32.2. The fourth-order valence-corrected chi connectivity index (χ4v) is 3.36. The molecule has 0 unspecified atom stereocenters. The molecule has 0 aromatic heterocycles. The fourth-order valence-electron chi connectivity index (χ4n) is 2.74. The molecule has 158 valence electrons. The molecule has 0 fully saturated rings. The summed E-state index contributed by atoms with van der Waals surface area (Å²) in [7, 11) is -3.42. The highest BCUT2D eigenvalue weighted by Crippen LogP contribution is 2.20. The van der Waals surface area contributed by atoms with Gasteiger partial charge in [0.2, 0.25) is 10.0 Å². The van der Waals surface area contributed by atoms with Gasteiger partial charge in [0.1, 0.15) is 12.4 Å². The molecule has 2 aromatic rings. The Morgan fingerprint density at radius 1 is 1.07 bits per heavy atom. The van der Waals surface area contributed by atoms with Crippen LogP contribution in [0.1, 0.15) is 29.8 Å². The number of carbonyl (C=O) groups is 1.